The summed E-state index contributed by atoms with van der Waals surface area (Å²) >= 11 is 0. The summed E-state index contributed by atoms with van der Waals surface area (Å²) in [6.45, 7) is 9.17. The van der Waals surface area contributed by atoms with Gasteiger partial charge in [-0.2, -0.15) is 0 Å². The molecule has 0 aliphatic carbocycles. The molecule has 0 rings (SSSR count). The van der Waals surface area contributed by atoms with Crippen molar-refractivity contribution in [2.45, 2.75) is 84.3 Å². The van der Waals surface area contributed by atoms with Gasteiger partial charge in [0.25, 0.3) is 0 Å². The Balaban J connectivity index is 4.42. The summed E-state index contributed by atoms with van der Waals surface area (Å²) in [5, 5.41) is 0. The third-order valence-corrected chi connectivity index (χ3v) is 6.98. The lowest BCUT2D eigenvalue weighted by molar-refractivity contribution is 0.568. The van der Waals surface area contributed by atoms with Crippen molar-refractivity contribution in [2.75, 3.05) is 12.3 Å². The smallest absolute Gasteiger partial charge is 0.0104 e. The number of unbranched alkanes of at least 4 members (excludes halogenated alkanes) is 2. The van der Waals surface area contributed by atoms with Crippen molar-refractivity contribution in [3.05, 3.63) is 0 Å². The fourth-order valence-electron chi connectivity index (χ4n) is 2.40. The maximum atomic E-state index is 6.36. The van der Waals surface area contributed by atoms with E-state index in [2.05, 4.69) is 27.7 Å². The van der Waals surface area contributed by atoms with Crippen LogP contribution in [0.4, 0.5) is 0 Å². The van der Waals surface area contributed by atoms with Crippen molar-refractivity contribution in [3.8, 4) is 0 Å². The number of rotatable bonds is 11. The molecule has 2 heteroatoms. The fraction of sp³-hybridized carbons (Fsp3) is 1.00. The standard InChI is InChI=1S/C15H34NP/c1-5-9-12-17(13-10-6-2)15(11-7-3)14(16)8-4/h14-15H,5-13,16H2,1-4H3. The molecule has 0 radical (unpaired) electrons. The molecule has 0 aliphatic heterocycles. The van der Waals surface area contributed by atoms with E-state index in [0.29, 0.717) is 6.04 Å². The van der Waals surface area contributed by atoms with E-state index in [1.54, 1.807) is 0 Å². The topological polar surface area (TPSA) is 26.0 Å². The average molecular weight is 259 g/mol. The molecular weight excluding hydrogens is 225 g/mol. The van der Waals surface area contributed by atoms with Gasteiger partial charge in [-0.1, -0.05) is 47.0 Å². The van der Waals surface area contributed by atoms with E-state index in [0.717, 1.165) is 12.1 Å². The normalized spacial score (nSPS) is 15.2. The van der Waals surface area contributed by atoms with Crippen LogP contribution in [0.1, 0.15) is 72.6 Å². The second-order valence-electron chi connectivity index (χ2n) is 5.17. The first-order chi connectivity index (χ1) is 8.21. The molecular formula is C15H34NP. The molecule has 2 N–H and O–H groups in total. The lowest BCUT2D eigenvalue weighted by Crippen LogP contribution is -2.33. The van der Waals surface area contributed by atoms with Crippen LogP contribution in [-0.4, -0.2) is 24.0 Å². The molecule has 0 bridgehead atoms. The van der Waals surface area contributed by atoms with Crippen LogP contribution in [-0.2, 0) is 0 Å². The van der Waals surface area contributed by atoms with Crippen molar-refractivity contribution in [1.29, 1.82) is 0 Å². The SMILES string of the molecule is CCCCP(CCCC)C(CCC)C(N)CC. The highest BCUT2D eigenvalue weighted by molar-refractivity contribution is 7.58. The first-order valence-electron chi connectivity index (χ1n) is 7.70. The van der Waals surface area contributed by atoms with Gasteiger partial charge in [0.1, 0.15) is 0 Å². The zero-order valence-electron chi connectivity index (χ0n) is 12.5. The Morgan fingerprint density at radius 2 is 1.41 bits per heavy atom. The minimum atomic E-state index is 0.188. The monoisotopic (exact) mass is 259 g/mol. The summed E-state index contributed by atoms with van der Waals surface area (Å²) in [4.78, 5) is 0. The molecule has 0 saturated carbocycles. The van der Waals surface area contributed by atoms with Crippen LogP contribution in [0.2, 0.25) is 0 Å². The first-order valence-corrected chi connectivity index (χ1v) is 9.48. The Kier molecular flexibility index (Phi) is 11.7. The quantitative estimate of drug-likeness (QED) is 0.521. The minimum Gasteiger partial charge on any atom is -0.327 e. The van der Waals surface area contributed by atoms with E-state index >= 15 is 0 Å². The highest BCUT2D eigenvalue weighted by atomic mass is 31.1. The van der Waals surface area contributed by atoms with Gasteiger partial charge >= 0.3 is 0 Å². The summed E-state index contributed by atoms with van der Waals surface area (Å²) in [7, 11) is 0.188. The third kappa shape index (κ3) is 7.42. The lowest BCUT2D eigenvalue weighted by atomic mass is 10.1. The second-order valence-corrected chi connectivity index (χ2v) is 7.91. The molecule has 0 spiro atoms. The van der Waals surface area contributed by atoms with Crippen LogP contribution in [0.25, 0.3) is 0 Å². The van der Waals surface area contributed by atoms with Gasteiger partial charge in [-0.3, -0.25) is 0 Å². The molecule has 0 aliphatic rings. The largest absolute Gasteiger partial charge is 0.327 e. The molecule has 0 saturated heterocycles. The van der Waals surface area contributed by atoms with Crippen LogP contribution in [0.15, 0.2) is 0 Å². The van der Waals surface area contributed by atoms with Crippen molar-refractivity contribution >= 4 is 7.92 Å². The van der Waals surface area contributed by atoms with Gasteiger partial charge in [-0.05, 0) is 43.7 Å². The summed E-state index contributed by atoms with van der Waals surface area (Å²) < 4.78 is 0. The molecule has 0 aromatic heterocycles. The highest BCUT2D eigenvalue weighted by Gasteiger charge is 2.24. The van der Waals surface area contributed by atoms with E-state index in [4.69, 9.17) is 5.73 Å². The van der Waals surface area contributed by atoms with Gasteiger partial charge in [-0.15, -0.1) is 7.92 Å². The van der Waals surface area contributed by atoms with Gasteiger partial charge in [0.2, 0.25) is 0 Å². The van der Waals surface area contributed by atoms with Crippen LogP contribution in [0.3, 0.4) is 0 Å². The Bertz CT molecular complexity index is 153. The van der Waals surface area contributed by atoms with Gasteiger partial charge in [-0.25, -0.2) is 0 Å². The van der Waals surface area contributed by atoms with Gasteiger partial charge in [0, 0.05) is 6.04 Å². The van der Waals surface area contributed by atoms with Crippen molar-refractivity contribution in [2.24, 2.45) is 5.73 Å². The van der Waals surface area contributed by atoms with Crippen LogP contribution < -0.4 is 5.73 Å². The molecule has 17 heavy (non-hydrogen) atoms. The number of hydrogen-bond acceptors (Lipinski definition) is 1. The minimum absolute atomic E-state index is 0.188. The van der Waals surface area contributed by atoms with Crippen molar-refractivity contribution < 1.29 is 0 Å². The van der Waals surface area contributed by atoms with Crippen LogP contribution in [0, 0.1) is 0 Å². The predicted molar refractivity (Wildman–Crippen MR) is 83.4 cm³/mol. The summed E-state index contributed by atoms with van der Waals surface area (Å²) in [5.74, 6) is 0. The molecule has 104 valence electrons. The van der Waals surface area contributed by atoms with E-state index in [1.165, 1.54) is 50.8 Å². The van der Waals surface area contributed by atoms with Gasteiger partial charge in [0.05, 0.1) is 0 Å². The van der Waals surface area contributed by atoms with E-state index in [1.807, 2.05) is 0 Å². The molecule has 0 heterocycles. The van der Waals surface area contributed by atoms with Crippen molar-refractivity contribution in [1.82, 2.24) is 0 Å². The van der Waals surface area contributed by atoms with Gasteiger partial charge in [0.15, 0.2) is 0 Å². The first kappa shape index (κ1) is 17.4. The highest BCUT2D eigenvalue weighted by Crippen LogP contribution is 2.46. The molecule has 0 fully saturated rings. The summed E-state index contributed by atoms with van der Waals surface area (Å²) in [6.07, 6.45) is 12.2. The Morgan fingerprint density at radius 3 is 1.76 bits per heavy atom. The summed E-state index contributed by atoms with van der Waals surface area (Å²) in [6, 6.07) is 0.453. The molecule has 0 aromatic rings. The van der Waals surface area contributed by atoms with Crippen LogP contribution in [0.5, 0.6) is 0 Å². The maximum Gasteiger partial charge on any atom is 0.0104 e. The molecule has 2 atom stereocenters. The number of hydrogen-bond donors (Lipinski definition) is 1. The lowest BCUT2D eigenvalue weighted by Gasteiger charge is -2.32. The third-order valence-electron chi connectivity index (χ3n) is 3.62. The maximum absolute atomic E-state index is 6.36. The number of nitrogens with two attached hydrogens (primary N) is 1. The van der Waals surface area contributed by atoms with E-state index in [-0.39, 0.29) is 7.92 Å². The molecule has 2 unspecified atom stereocenters. The molecule has 0 aromatic carbocycles. The Labute approximate surface area is 111 Å². The predicted octanol–water partition coefficient (Wildman–Crippen LogP) is 4.97. The summed E-state index contributed by atoms with van der Waals surface area (Å²) in [5.41, 5.74) is 7.20. The Morgan fingerprint density at radius 1 is 0.882 bits per heavy atom. The van der Waals surface area contributed by atoms with Gasteiger partial charge < -0.3 is 5.73 Å². The zero-order chi connectivity index (χ0) is 13.1. The van der Waals surface area contributed by atoms with E-state index in [9.17, 15) is 0 Å². The molecule has 1 nitrogen and oxygen atoms in total. The van der Waals surface area contributed by atoms with Crippen molar-refractivity contribution in [3.63, 3.8) is 0 Å². The Hall–Kier alpha value is 0.390. The second kappa shape index (κ2) is 11.5. The van der Waals surface area contributed by atoms with Crippen LogP contribution >= 0.6 is 7.92 Å². The molecule has 0 amide bonds. The van der Waals surface area contributed by atoms with E-state index < -0.39 is 0 Å². The average Bonchev–Trinajstić information content (AvgIpc) is 2.36. The zero-order valence-corrected chi connectivity index (χ0v) is 13.4. The fourth-order valence-corrected chi connectivity index (χ4v) is 6.11.